The lowest BCUT2D eigenvalue weighted by Gasteiger charge is -2.30. The summed E-state index contributed by atoms with van der Waals surface area (Å²) in [5.41, 5.74) is 4.19. The molecule has 0 saturated heterocycles. The summed E-state index contributed by atoms with van der Waals surface area (Å²) in [4.78, 5) is 28.2. The smallest absolute Gasteiger partial charge is 0.337 e. The van der Waals surface area contributed by atoms with E-state index in [0.29, 0.717) is 59.6 Å². The largest absolute Gasteiger partial charge is 0.493 e. The summed E-state index contributed by atoms with van der Waals surface area (Å²) < 4.78 is 34.5. The second-order valence-corrected chi connectivity index (χ2v) is 12.8. The number of benzene rings is 5. The maximum atomic E-state index is 14.1. The van der Waals surface area contributed by atoms with Crippen molar-refractivity contribution in [3.05, 3.63) is 143 Å². The van der Waals surface area contributed by atoms with Crippen LogP contribution in [0.2, 0.25) is 0 Å². The number of esters is 1. The van der Waals surface area contributed by atoms with Gasteiger partial charge in [0.05, 0.1) is 45.5 Å². The summed E-state index contributed by atoms with van der Waals surface area (Å²) in [6.45, 7) is 6.71. The Kier molecular flexibility index (Phi) is 13.4. The zero-order chi connectivity index (χ0) is 37.7. The minimum atomic E-state index is -0.475. The first kappa shape index (κ1) is 38.3. The Morgan fingerprint density at radius 2 is 1.34 bits per heavy atom. The fourth-order valence-electron chi connectivity index (χ4n) is 5.93. The lowest BCUT2D eigenvalue weighted by molar-refractivity contribution is -0.132. The number of nitrogens with zero attached hydrogens (tertiary/aromatic N) is 1. The first-order valence-corrected chi connectivity index (χ1v) is 17.6. The third-order valence-electron chi connectivity index (χ3n) is 8.69. The van der Waals surface area contributed by atoms with Crippen LogP contribution in [0.25, 0.3) is 0 Å². The van der Waals surface area contributed by atoms with E-state index in [-0.39, 0.29) is 24.5 Å². The average Bonchev–Trinajstić information content (AvgIpc) is 3.18. The summed E-state index contributed by atoms with van der Waals surface area (Å²) in [6.07, 6.45) is 0.648. The monoisotopic (exact) mass is 717 g/mol. The quantitative estimate of drug-likeness (QED) is 0.0881. The van der Waals surface area contributed by atoms with E-state index in [0.717, 1.165) is 22.3 Å². The van der Waals surface area contributed by atoms with Crippen LogP contribution in [0.3, 0.4) is 0 Å². The van der Waals surface area contributed by atoms with Crippen molar-refractivity contribution in [3.8, 4) is 34.5 Å². The van der Waals surface area contributed by atoms with Crippen LogP contribution in [-0.4, -0.2) is 50.8 Å². The standard InChI is InChI=1S/C44H47NO8/c1-30(2)52-38-22-19-36(44(47)50-6)28-39(38)53-37-20-17-32(18-21-37)27-42(46)45(31(3)35-15-11-8-12-16-35)24-23-34-25-40(48-4)43(49-5)41(26-34)51-29-33-13-9-7-10-14-33/h7-22,25-26,28,30-31H,23-24,27,29H2,1-6H3/t31-/m0/s1. The predicted octanol–water partition coefficient (Wildman–Crippen LogP) is 9.02. The molecule has 0 N–H and O–H groups in total. The molecule has 276 valence electrons. The van der Waals surface area contributed by atoms with E-state index >= 15 is 0 Å². The molecule has 9 heteroatoms. The molecule has 5 aromatic rings. The highest BCUT2D eigenvalue weighted by Crippen LogP contribution is 2.39. The van der Waals surface area contributed by atoms with Crippen molar-refractivity contribution < 1.29 is 38.0 Å². The Balaban J connectivity index is 1.34. The summed E-state index contributed by atoms with van der Waals surface area (Å²) in [6, 6.07) is 35.9. The fraction of sp³-hybridized carbons (Fsp3) is 0.273. The molecule has 9 nitrogen and oxygen atoms in total. The highest BCUT2D eigenvalue weighted by molar-refractivity contribution is 5.90. The Morgan fingerprint density at radius 1 is 0.660 bits per heavy atom. The molecule has 0 bridgehead atoms. The SMILES string of the molecule is COC(=O)c1ccc(OC(C)C)c(Oc2ccc(CC(=O)N(CCc3cc(OC)c(OC)c(OCc4ccccc4)c3)[C@@H](C)c3ccccc3)cc2)c1. The Morgan fingerprint density at radius 3 is 1.98 bits per heavy atom. The lowest BCUT2D eigenvalue weighted by atomic mass is 10.0. The molecule has 0 aliphatic heterocycles. The van der Waals surface area contributed by atoms with Crippen LogP contribution in [0.1, 0.15) is 59.4 Å². The number of carbonyl (C=O) groups excluding carboxylic acids is 2. The topological polar surface area (TPSA) is 92.8 Å². The lowest BCUT2D eigenvalue weighted by Crippen LogP contribution is -2.36. The molecule has 5 rings (SSSR count). The fourth-order valence-corrected chi connectivity index (χ4v) is 5.93. The van der Waals surface area contributed by atoms with Crippen molar-refractivity contribution in [1.82, 2.24) is 4.90 Å². The maximum Gasteiger partial charge on any atom is 0.337 e. The van der Waals surface area contributed by atoms with E-state index in [2.05, 4.69) is 0 Å². The molecule has 0 unspecified atom stereocenters. The first-order chi connectivity index (χ1) is 25.7. The van der Waals surface area contributed by atoms with Gasteiger partial charge in [-0.05, 0) is 91.9 Å². The van der Waals surface area contributed by atoms with Crippen LogP contribution in [0, 0.1) is 0 Å². The molecule has 0 aliphatic rings. The normalized spacial score (nSPS) is 11.4. The van der Waals surface area contributed by atoms with Crippen molar-refractivity contribution in [3.63, 3.8) is 0 Å². The summed E-state index contributed by atoms with van der Waals surface area (Å²) >= 11 is 0. The molecule has 0 aromatic heterocycles. The number of hydrogen-bond acceptors (Lipinski definition) is 8. The molecule has 53 heavy (non-hydrogen) atoms. The molecule has 1 atom stereocenters. The summed E-state index contributed by atoms with van der Waals surface area (Å²) in [7, 11) is 4.52. The van der Waals surface area contributed by atoms with Gasteiger partial charge in [-0.3, -0.25) is 4.79 Å². The molecule has 0 saturated carbocycles. The second kappa shape index (κ2) is 18.5. The number of amides is 1. The third kappa shape index (κ3) is 10.3. The zero-order valence-electron chi connectivity index (χ0n) is 31.2. The molecule has 0 spiro atoms. The van der Waals surface area contributed by atoms with E-state index in [1.54, 1.807) is 44.6 Å². The molecular formula is C44H47NO8. The van der Waals surface area contributed by atoms with Crippen molar-refractivity contribution in [2.45, 2.75) is 52.4 Å². The van der Waals surface area contributed by atoms with Gasteiger partial charge in [0.2, 0.25) is 11.7 Å². The number of rotatable bonds is 17. The molecule has 1 amide bonds. The number of carbonyl (C=O) groups is 2. The van der Waals surface area contributed by atoms with Crippen LogP contribution in [0.4, 0.5) is 0 Å². The summed E-state index contributed by atoms with van der Waals surface area (Å²) in [5, 5.41) is 0. The van der Waals surface area contributed by atoms with Gasteiger partial charge in [0.25, 0.3) is 0 Å². The van der Waals surface area contributed by atoms with Crippen molar-refractivity contribution >= 4 is 11.9 Å². The van der Waals surface area contributed by atoms with Crippen molar-refractivity contribution in [1.29, 1.82) is 0 Å². The van der Waals surface area contributed by atoms with Gasteiger partial charge in [0.15, 0.2) is 23.0 Å². The maximum absolute atomic E-state index is 14.1. The van der Waals surface area contributed by atoms with Crippen LogP contribution < -0.4 is 23.7 Å². The van der Waals surface area contributed by atoms with Crippen LogP contribution in [0.15, 0.2) is 115 Å². The highest BCUT2D eigenvalue weighted by Gasteiger charge is 2.23. The van der Waals surface area contributed by atoms with Crippen molar-refractivity contribution in [2.75, 3.05) is 27.9 Å². The van der Waals surface area contributed by atoms with E-state index in [1.807, 2.05) is 111 Å². The molecule has 0 aliphatic carbocycles. The van der Waals surface area contributed by atoms with Gasteiger partial charge in [0, 0.05) is 6.54 Å². The van der Waals surface area contributed by atoms with Gasteiger partial charge in [-0.1, -0.05) is 72.8 Å². The number of hydrogen-bond donors (Lipinski definition) is 0. The molecule has 5 aromatic carbocycles. The van der Waals surface area contributed by atoms with Gasteiger partial charge in [0.1, 0.15) is 12.4 Å². The number of methoxy groups -OCH3 is 3. The van der Waals surface area contributed by atoms with Crippen molar-refractivity contribution in [2.24, 2.45) is 0 Å². The van der Waals surface area contributed by atoms with Gasteiger partial charge < -0.3 is 33.3 Å². The molecule has 0 fully saturated rings. The Bertz CT molecular complexity index is 1940. The first-order valence-electron chi connectivity index (χ1n) is 17.6. The molecule has 0 heterocycles. The minimum absolute atomic E-state index is 0.0190. The van der Waals surface area contributed by atoms with E-state index < -0.39 is 5.97 Å². The minimum Gasteiger partial charge on any atom is -0.493 e. The third-order valence-corrected chi connectivity index (χ3v) is 8.69. The van der Waals surface area contributed by atoms with Crippen LogP contribution in [-0.2, 0) is 29.0 Å². The van der Waals surface area contributed by atoms with Gasteiger partial charge in [-0.15, -0.1) is 0 Å². The Hall–Kier alpha value is -5.96. The predicted molar refractivity (Wildman–Crippen MR) is 204 cm³/mol. The highest BCUT2D eigenvalue weighted by atomic mass is 16.5. The molecule has 0 radical (unpaired) electrons. The van der Waals surface area contributed by atoms with Gasteiger partial charge >= 0.3 is 5.97 Å². The number of ether oxygens (including phenoxy) is 6. The molecular weight excluding hydrogens is 670 g/mol. The van der Waals surface area contributed by atoms with E-state index in [4.69, 9.17) is 28.4 Å². The Labute approximate surface area is 312 Å². The average molecular weight is 718 g/mol. The second-order valence-electron chi connectivity index (χ2n) is 12.8. The van der Waals surface area contributed by atoms with E-state index in [9.17, 15) is 9.59 Å². The van der Waals surface area contributed by atoms with E-state index in [1.165, 1.54) is 7.11 Å². The summed E-state index contributed by atoms with van der Waals surface area (Å²) in [5.74, 6) is 2.58. The van der Waals surface area contributed by atoms with Crippen LogP contribution in [0.5, 0.6) is 34.5 Å². The zero-order valence-corrected chi connectivity index (χ0v) is 31.2. The van der Waals surface area contributed by atoms with Crippen LogP contribution >= 0.6 is 0 Å². The van der Waals surface area contributed by atoms with Gasteiger partial charge in [-0.25, -0.2) is 4.79 Å². The van der Waals surface area contributed by atoms with Gasteiger partial charge in [-0.2, -0.15) is 0 Å².